The van der Waals surface area contributed by atoms with Crippen molar-refractivity contribution in [1.29, 1.82) is 5.26 Å². The summed E-state index contributed by atoms with van der Waals surface area (Å²) in [7, 11) is 0. The molecule has 1 heterocycles. The lowest BCUT2D eigenvalue weighted by molar-refractivity contribution is 0.0975. The Morgan fingerprint density at radius 2 is 2.00 bits per heavy atom. The number of aromatic nitrogens is 4. The van der Waals surface area contributed by atoms with Crippen LogP contribution < -0.4 is 0 Å². The highest BCUT2D eigenvalue weighted by molar-refractivity contribution is 6.30. The number of nitrogens with zero attached hydrogens (tertiary/aromatic N) is 5. The van der Waals surface area contributed by atoms with Crippen LogP contribution in [-0.4, -0.2) is 26.0 Å². The highest BCUT2D eigenvalue weighted by Crippen LogP contribution is 2.22. The van der Waals surface area contributed by atoms with Gasteiger partial charge in [0.25, 0.3) is 0 Å². The number of halogens is 2. The zero-order chi connectivity index (χ0) is 17.1. The Balaban J connectivity index is 2.01. The Morgan fingerprint density at radius 1 is 1.25 bits per heavy atom. The van der Waals surface area contributed by atoms with Gasteiger partial charge in [0, 0.05) is 10.6 Å². The van der Waals surface area contributed by atoms with E-state index in [1.807, 2.05) is 6.07 Å². The van der Waals surface area contributed by atoms with E-state index >= 15 is 0 Å². The van der Waals surface area contributed by atoms with Crippen LogP contribution >= 0.6 is 11.6 Å². The Hall–Kier alpha value is -3.11. The predicted octanol–water partition coefficient (Wildman–Crippen LogP) is 2.94. The quantitative estimate of drug-likeness (QED) is 0.681. The summed E-state index contributed by atoms with van der Waals surface area (Å²) in [6, 6.07) is 13.6. The molecular formula is C16H9ClFN5O. The molecule has 1 unspecified atom stereocenters. The van der Waals surface area contributed by atoms with Crippen molar-refractivity contribution in [3.05, 3.63) is 70.8 Å². The average molecular weight is 342 g/mol. The van der Waals surface area contributed by atoms with Gasteiger partial charge in [0.1, 0.15) is 5.82 Å². The minimum atomic E-state index is -1.27. The van der Waals surface area contributed by atoms with Crippen LogP contribution in [0.15, 0.2) is 48.5 Å². The van der Waals surface area contributed by atoms with Gasteiger partial charge in [0.15, 0.2) is 17.5 Å². The molecule has 1 atom stereocenters. The monoisotopic (exact) mass is 341 g/mol. The van der Waals surface area contributed by atoms with Crippen LogP contribution in [0.5, 0.6) is 0 Å². The standard InChI is InChI=1S/C16H9ClFN5O/c17-11-4-6-13(7-5-11)23-16(20-21-22-23)14(9-19)15(24)10-2-1-3-12(18)8-10/h1-8,14H. The summed E-state index contributed by atoms with van der Waals surface area (Å²) < 4.78 is 14.6. The summed E-state index contributed by atoms with van der Waals surface area (Å²) in [6.07, 6.45) is 0. The zero-order valence-corrected chi connectivity index (χ0v) is 12.9. The van der Waals surface area contributed by atoms with Crippen LogP contribution in [0.3, 0.4) is 0 Å². The number of carbonyl (C=O) groups is 1. The van der Waals surface area contributed by atoms with Crippen LogP contribution in [0.2, 0.25) is 5.02 Å². The number of hydrogen-bond donors (Lipinski definition) is 0. The molecule has 0 fully saturated rings. The Kier molecular flexibility index (Phi) is 4.31. The molecule has 6 nitrogen and oxygen atoms in total. The van der Waals surface area contributed by atoms with Crippen LogP contribution in [0.1, 0.15) is 22.1 Å². The van der Waals surface area contributed by atoms with E-state index in [-0.39, 0.29) is 11.4 Å². The zero-order valence-electron chi connectivity index (χ0n) is 12.1. The van der Waals surface area contributed by atoms with E-state index in [2.05, 4.69) is 15.5 Å². The molecule has 0 spiro atoms. The van der Waals surface area contributed by atoms with E-state index in [9.17, 15) is 14.4 Å². The van der Waals surface area contributed by atoms with Gasteiger partial charge < -0.3 is 0 Å². The lowest BCUT2D eigenvalue weighted by Crippen LogP contribution is -2.17. The van der Waals surface area contributed by atoms with Crippen LogP contribution in [0.25, 0.3) is 5.69 Å². The van der Waals surface area contributed by atoms with Crippen LogP contribution in [0.4, 0.5) is 4.39 Å². The summed E-state index contributed by atoms with van der Waals surface area (Å²) in [5, 5.41) is 21.1. The van der Waals surface area contributed by atoms with Crippen LogP contribution in [0, 0.1) is 17.1 Å². The van der Waals surface area contributed by atoms with Gasteiger partial charge in [0.05, 0.1) is 11.8 Å². The van der Waals surface area contributed by atoms with Gasteiger partial charge in [-0.15, -0.1) is 5.10 Å². The summed E-state index contributed by atoms with van der Waals surface area (Å²) in [4.78, 5) is 12.5. The lowest BCUT2D eigenvalue weighted by atomic mass is 9.98. The molecule has 0 aliphatic heterocycles. The largest absolute Gasteiger partial charge is 0.292 e. The van der Waals surface area contributed by atoms with Crippen molar-refractivity contribution in [2.75, 3.05) is 0 Å². The molecule has 1 aromatic heterocycles. The third-order valence-electron chi connectivity index (χ3n) is 3.32. The number of tetrazole rings is 1. The van der Waals surface area contributed by atoms with Gasteiger partial charge in [-0.1, -0.05) is 23.7 Å². The second-order valence-electron chi connectivity index (χ2n) is 4.86. The first-order chi connectivity index (χ1) is 11.6. The van der Waals surface area contributed by atoms with Crippen molar-refractivity contribution in [3.8, 4) is 11.8 Å². The second-order valence-corrected chi connectivity index (χ2v) is 5.30. The van der Waals surface area contributed by atoms with E-state index < -0.39 is 17.5 Å². The normalized spacial score (nSPS) is 11.7. The number of benzene rings is 2. The smallest absolute Gasteiger partial charge is 0.187 e. The average Bonchev–Trinajstić information content (AvgIpc) is 3.05. The first kappa shape index (κ1) is 15.8. The van der Waals surface area contributed by atoms with Crippen molar-refractivity contribution in [2.45, 2.75) is 5.92 Å². The van der Waals surface area contributed by atoms with Crippen molar-refractivity contribution in [2.24, 2.45) is 0 Å². The predicted molar refractivity (Wildman–Crippen MR) is 83.2 cm³/mol. The number of ketones is 1. The number of nitriles is 1. The molecule has 118 valence electrons. The van der Waals surface area contributed by atoms with Gasteiger partial charge in [-0.25, -0.2) is 4.39 Å². The Bertz CT molecular complexity index is 932. The number of rotatable bonds is 4. The molecule has 3 aromatic rings. The second kappa shape index (κ2) is 6.56. The molecule has 0 saturated heterocycles. The highest BCUT2D eigenvalue weighted by Gasteiger charge is 2.28. The summed E-state index contributed by atoms with van der Waals surface area (Å²) >= 11 is 5.85. The third-order valence-corrected chi connectivity index (χ3v) is 3.58. The van der Waals surface area contributed by atoms with Crippen molar-refractivity contribution < 1.29 is 9.18 Å². The van der Waals surface area contributed by atoms with Gasteiger partial charge in [-0.3, -0.25) is 4.79 Å². The number of Topliss-reactive ketones (excluding diaryl/α,β-unsaturated/α-hetero) is 1. The maximum Gasteiger partial charge on any atom is 0.187 e. The topological polar surface area (TPSA) is 84.5 Å². The van der Waals surface area contributed by atoms with Crippen molar-refractivity contribution in [1.82, 2.24) is 20.2 Å². The third kappa shape index (κ3) is 3.00. The molecule has 24 heavy (non-hydrogen) atoms. The highest BCUT2D eigenvalue weighted by atomic mass is 35.5. The molecule has 3 rings (SSSR count). The van der Waals surface area contributed by atoms with Gasteiger partial charge >= 0.3 is 0 Å². The molecule has 0 bridgehead atoms. The molecular weight excluding hydrogens is 333 g/mol. The molecule has 2 aromatic carbocycles. The molecule has 0 radical (unpaired) electrons. The summed E-state index contributed by atoms with van der Waals surface area (Å²) in [5.41, 5.74) is 0.624. The van der Waals surface area contributed by atoms with E-state index in [0.29, 0.717) is 10.7 Å². The molecule has 8 heteroatoms. The molecule has 0 aliphatic rings. The van der Waals surface area contributed by atoms with E-state index in [1.54, 1.807) is 24.3 Å². The minimum Gasteiger partial charge on any atom is -0.292 e. The van der Waals surface area contributed by atoms with Crippen molar-refractivity contribution in [3.63, 3.8) is 0 Å². The first-order valence-corrected chi connectivity index (χ1v) is 7.21. The van der Waals surface area contributed by atoms with E-state index in [4.69, 9.17) is 11.6 Å². The first-order valence-electron chi connectivity index (χ1n) is 6.84. The fourth-order valence-electron chi connectivity index (χ4n) is 2.18. The number of hydrogen-bond acceptors (Lipinski definition) is 5. The summed E-state index contributed by atoms with van der Waals surface area (Å²) in [6.45, 7) is 0. The molecule has 0 aliphatic carbocycles. The van der Waals surface area contributed by atoms with Crippen molar-refractivity contribution >= 4 is 17.4 Å². The minimum absolute atomic E-state index is 0.0501. The molecule has 0 N–H and O–H groups in total. The maximum absolute atomic E-state index is 13.3. The van der Waals surface area contributed by atoms with E-state index in [1.165, 1.54) is 22.9 Å². The lowest BCUT2D eigenvalue weighted by Gasteiger charge is -2.09. The fraction of sp³-hybridized carbons (Fsp3) is 0.0625. The van der Waals surface area contributed by atoms with Gasteiger partial charge in [-0.05, 0) is 46.8 Å². The molecule has 0 amide bonds. The van der Waals surface area contributed by atoms with E-state index in [0.717, 1.165) is 6.07 Å². The Morgan fingerprint density at radius 3 is 2.67 bits per heavy atom. The SMILES string of the molecule is N#CC(C(=O)c1cccc(F)c1)c1nnnn1-c1ccc(Cl)cc1. The Labute approximate surface area is 141 Å². The van der Waals surface area contributed by atoms with Gasteiger partial charge in [0.2, 0.25) is 0 Å². The fourth-order valence-corrected chi connectivity index (χ4v) is 2.31. The van der Waals surface area contributed by atoms with Gasteiger partial charge in [-0.2, -0.15) is 9.94 Å². The number of carbonyl (C=O) groups excluding carboxylic acids is 1. The maximum atomic E-state index is 13.3. The molecule has 0 saturated carbocycles. The summed E-state index contributed by atoms with van der Waals surface area (Å²) in [5.74, 6) is -2.36. The van der Waals surface area contributed by atoms with Crippen LogP contribution in [-0.2, 0) is 0 Å².